The molecule has 1 aliphatic rings. The molecule has 20 heteroatoms. The van der Waals surface area contributed by atoms with Gasteiger partial charge in [0.1, 0.15) is 42.0 Å². The molecule has 0 radical (unpaired) electrons. The number of nitrogens with zero attached hydrogens (tertiary/aromatic N) is 2. The van der Waals surface area contributed by atoms with E-state index in [0.29, 0.717) is 17.5 Å². The van der Waals surface area contributed by atoms with Crippen LogP contribution in [0.2, 0.25) is 0 Å². The van der Waals surface area contributed by atoms with E-state index in [0.717, 1.165) is 16.5 Å². The number of likely N-dealkylation sites (tertiary alicyclic amines) is 1. The molecule has 4 aromatic rings. The van der Waals surface area contributed by atoms with Crippen molar-refractivity contribution in [3.8, 4) is 5.75 Å². The molecule has 0 unspecified atom stereocenters. The van der Waals surface area contributed by atoms with Crippen molar-refractivity contribution in [2.45, 2.75) is 101 Å². The summed E-state index contributed by atoms with van der Waals surface area (Å²) in [6, 6.07) is 14.0. The number of guanidine groups is 1. The number of aliphatic imine (C=N–C) groups is 1. The van der Waals surface area contributed by atoms with Crippen LogP contribution in [0.3, 0.4) is 0 Å². The fourth-order valence-corrected chi connectivity index (χ4v) is 7.62. The van der Waals surface area contributed by atoms with Crippen LogP contribution in [-0.4, -0.2) is 123 Å². The first-order chi connectivity index (χ1) is 31.5. The van der Waals surface area contributed by atoms with E-state index >= 15 is 0 Å². The highest BCUT2D eigenvalue weighted by atomic mass is 16.4. The highest BCUT2D eigenvalue weighted by Crippen LogP contribution is 2.22. The summed E-state index contributed by atoms with van der Waals surface area (Å²) in [5.41, 5.74) is 19.6. The topological polar surface area (TPSA) is 330 Å². The smallest absolute Gasteiger partial charge is 0.325 e. The van der Waals surface area contributed by atoms with Crippen molar-refractivity contribution < 1.29 is 43.8 Å². The number of carbonyl (C=O) groups excluding carboxylic acids is 6. The number of aliphatic carboxylic acids is 1. The van der Waals surface area contributed by atoms with Crippen molar-refractivity contribution in [3.63, 3.8) is 0 Å². The highest BCUT2D eigenvalue weighted by Gasteiger charge is 2.40. The first kappa shape index (κ1) is 49.5. The number of hydrogen-bond donors (Lipinski definition) is 11. The average molecular weight is 910 g/mol. The molecule has 2 heterocycles. The van der Waals surface area contributed by atoms with Gasteiger partial charge in [0.15, 0.2) is 5.96 Å². The average Bonchev–Trinajstić information content (AvgIpc) is 3.95. The fraction of sp³-hybridized carbons (Fsp3) is 0.391. The van der Waals surface area contributed by atoms with Gasteiger partial charge in [-0.3, -0.25) is 38.6 Å². The maximum atomic E-state index is 14.5. The van der Waals surface area contributed by atoms with Gasteiger partial charge in [0.05, 0.1) is 6.04 Å². The Hall–Kier alpha value is -7.48. The second-order valence-corrected chi connectivity index (χ2v) is 16.4. The number of aromatic nitrogens is 1. The van der Waals surface area contributed by atoms with E-state index in [2.05, 4.69) is 36.6 Å². The first-order valence-corrected chi connectivity index (χ1v) is 21.7. The van der Waals surface area contributed by atoms with Crippen LogP contribution in [0, 0.1) is 0 Å². The second-order valence-electron chi connectivity index (χ2n) is 16.4. The molecule has 0 spiro atoms. The Kier molecular flexibility index (Phi) is 17.6. The zero-order valence-electron chi connectivity index (χ0n) is 36.9. The van der Waals surface area contributed by atoms with Gasteiger partial charge in [-0.15, -0.1) is 0 Å². The van der Waals surface area contributed by atoms with Crippen molar-refractivity contribution in [1.82, 2.24) is 36.5 Å². The predicted molar refractivity (Wildman–Crippen MR) is 245 cm³/mol. The lowest BCUT2D eigenvalue weighted by Crippen LogP contribution is -2.60. The number of H-pyrrole nitrogens is 1. The second kappa shape index (κ2) is 23.4. The maximum Gasteiger partial charge on any atom is 0.325 e. The van der Waals surface area contributed by atoms with Gasteiger partial charge in [-0.25, -0.2) is 0 Å². The summed E-state index contributed by atoms with van der Waals surface area (Å²) in [6.45, 7) is 3.06. The van der Waals surface area contributed by atoms with E-state index < -0.39 is 83.7 Å². The zero-order valence-corrected chi connectivity index (χ0v) is 36.9. The third-order valence-electron chi connectivity index (χ3n) is 11.2. The van der Waals surface area contributed by atoms with E-state index in [4.69, 9.17) is 17.2 Å². The molecule has 7 atom stereocenters. The number of aromatic hydroxyl groups is 1. The Balaban J connectivity index is 1.42. The number of benzene rings is 3. The Labute approximate surface area is 381 Å². The van der Waals surface area contributed by atoms with Gasteiger partial charge in [-0.05, 0) is 74.4 Å². The van der Waals surface area contributed by atoms with Gasteiger partial charge in [0.2, 0.25) is 35.4 Å². The molecule has 20 nitrogen and oxygen atoms in total. The van der Waals surface area contributed by atoms with E-state index in [1.165, 1.54) is 30.9 Å². The number of nitrogens with two attached hydrogens (primary N) is 3. The number of phenolic OH excluding ortho intramolecular Hbond substituents is 1. The van der Waals surface area contributed by atoms with Crippen molar-refractivity contribution in [3.05, 3.63) is 102 Å². The normalized spacial score (nSPS) is 16.1. The number of hydrogen-bond acceptors (Lipinski definition) is 10. The van der Waals surface area contributed by atoms with Crippen molar-refractivity contribution in [2.24, 2.45) is 22.2 Å². The number of rotatable bonds is 22. The van der Waals surface area contributed by atoms with Crippen LogP contribution in [0.1, 0.15) is 56.2 Å². The lowest BCUT2D eigenvalue weighted by atomic mass is 10.0. The summed E-state index contributed by atoms with van der Waals surface area (Å²) < 4.78 is 0. The van der Waals surface area contributed by atoms with Gasteiger partial charge >= 0.3 is 5.97 Å². The lowest BCUT2D eigenvalue weighted by Gasteiger charge is -2.30. The molecule has 352 valence electrons. The van der Waals surface area contributed by atoms with Crippen LogP contribution >= 0.6 is 0 Å². The molecule has 5 rings (SSSR count). The fourth-order valence-electron chi connectivity index (χ4n) is 7.62. The number of carboxylic acids is 1. The van der Waals surface area contributed by atoms with Gasteiger partial charge in [0, 0.05) is 49.5 Å². The summed E-state index contributed by atoms with van der Waals surface area (Å²) in [4.78, 5) is 104. The molecule has 1 fully saturated rings. The third-order valence-corrected chi connectivity index (χ3v) is 11.2. The Morgan fingerprint density at radius 3 is 2.00 bits per heavy atom. The van der Waals surface area contributed by atoms with E-state index in [1.807, 2.05) is 42.5 Å². The molecule has 0 aliphatic carbocycles. The lowest BCUT2D eigenvalue weighted by molar-refractivity contribution is -0.142. The SMILES string of the molecule is C[C@H](N)C(=O)N[C@@H](Cc1ccccc1)C(=O)N1CCC[C@H]1C(=O)N[C@@H](CCCN=C(N)N)C(=O)N[C@@H](Cc1c[nH]c2ccccc12)C(=O)N[C@@H](Cc1ccc(O)cc1)C(=O)N[C@@H](C)C(=O)O. The molecule has 6 amide bonds. The standard InChI is InChI=1S/C46H59N11O9/c1-26(47)39(59)56-37(23-28-10-4-3-5-11-28)44(64)57-21-9-15-38(57)43(63)53-34(14-8-20-50-46(48)49)40(60)55-36(24-30-25-51-33-13-7-6-12-32(30)33)42(62)54-35(41(61)52-27(2)45(65)66)22-29-16-18-31(58)19-17-29/h3-7,10-13,16-19,25-27,34-38,51,58H,8-9,14-15,20-24,47H2,1-2H3,(H,52,61)(H,53,63)(H,54,62)(H,55,60)(H,56,59)(H,65,66)(H4,48,49,50)/t26-,27-,34-,35-,36-,37-,38-/m0/s1. The molecule has 1 saturated heterocycles. The van der Waals surface area contributed by atoms with Gasteiger partial charge in [-0.2, -0.15) is 0 Å². The van der Waals surface area contributed by atoms with Crippen LogP contribution in [-0.2, 0) is 52.8 Å². The molecule has 14 N–H and O–H groups in total. The zero-order chi connectivity index (χ0) is 47.9. The largest absolute Gasteiger partial charge is 0.508 e. The van der Waals surface area contributed by atoms with Gasteiger partial charge in [0.25, 0.3) is 0 Å². The molecule has 0 saturated carbocycles. The highest BCUT2D eigenvalue weighted by molar-refractivity contribution is 5.98. The number of aromatic amines is 1. The number of fused-ring (bicyclic) bond motifs is 1. The van der Waals surface area contributed by atoms with Crippen molar-refractivity contribution in [1.29, 1.82) is 0 Å². The number of amides is 6. The molecule has 3 aromatic carbocycles. The Morgan fingerprint density at radius 2 is 1.33 bits per heavy atom. The van der Waals surface area contributed by atoms with Crippen molar-refractivity contribution in [2.75, 3.05) is 13.1 Å². The Bertz CT molecular complexity index is 2370. The summed E-state index contributed by atoms with van der Waals surface area (Å²) in [5.74, 6) is -5.59. The number of carboxylic acid groups (broad SMARTS) is 1. The summed E-state index contributed by atoms with van der Waals surface area (Å²) in [7, 11) is 0. The first-order valence-electron chi connectivity index (χ1n) is 21.7. The number of phenols is 1. The number of para-hydroxylation sites is 1. The monoisotopic (exact) mass is 909 g/mol. The minimum Gasteiger partial charge on any atom is -0.508 e. The van der Waals surface area contributed by atoms with Crippen LogP contribution in [0.4, 0.5) is 0 Å². The molecule has 1 aromatic heterocycles. The molecular weight excluding hydrogens is 851 g/mol. The van der Waals surface area contributed by atoms with Crippen LogP contribution in [0.5, 0.6) is 5.75 Å². The summed E-state index contributed by atoms with van der Waals surface area (Å²) >= 11 is 0. The summed E-state index contributed by atoms with van der Waals surface area (Å²) in [6.07, 6.45) is 2.55. The molecular formula is C46H59N11O9. The van der Waals surface area contributed by atoms with Crippen LogP contribution in [0.15, 0.2) is 90.1 Å². The number of carbonyl (C=O) groups is 7. The molecule has 1 aliphatic heterocycles. The van der Waals surface area contributed by atoms with E-state index in [9.17, 15) is 43.8 Å². The molecule has 66 heavy (non-hydrogen) atoms. The third kappa shape index (κ3) is 14.0. The summed E-state index contributed by atoms with van der Waals surface area (Å²) in [5, 5.41) is 33.5. The maximum absolute atomic E-state index is 14.5. The number of nitrogens with one attached hydrogen (secondary N) is 6. The minimum absolute atomic E-state index is 0.00349. The van der Waals surface area contributed by atoms with E-state index in [1.54, 1.807) is 30.5 Å². The minimum atomic E-state index is -1.36. The predicted octanol–water partition coefficient (Wildman–Crippen LogP) is -0.178. The quantitative estimate of drug-likeness (QED) is 0.0278. The van der Waals surface area contributed by atoms with Crippen LogP contribution in [0.25, 0.3) is 10.9 Å². The Morgan fingerprint density at radius 1 is 0.742 bits per heavy atom. The van der Waals surface area contributed by atoms with Gasteiger partial charge in [-0.1, -0.05) is 60.7 Å². The van der Waals surface area contributed by atoms with Crippen molar-refractivity contribution >= 4 is 58.3 Å². The van der Waals surface area contributed by atoms with Crippen LogP contribution < -0.4 is 43.8 Å². The van der Waals surface area contributed by atoms with Gasteiger partial charge < -0.3 is 63.9 Å². The molecule has 0 bridgehead atoms. The van der Waals surface area contributed by atoms with E-state index in [-0.39, 0.29) is 63.3 Å².